The largest absolute Gasteiger partial charge is 0.368 e. The second kappa shape index (κ2) is 4.41. The van der Waals surface area contributed by atoms with Gasteiger partial charge in [0.1, 0.15) is 6.04 Å². The number of carbonyl (C=O) groups is 1. The van der Waals surface area contributed by atoms with Crippen molar-refractivity contribution >= 4 is 17.2 Å². The van der Waals surface area contributed by atoms with Crippen LogP contribution in [0, 0.1) is 0 Å². The van der Waals surface area contributed by atoms with Crippen LogP contribution in [0.2, 0.25) is 0 Å². The minimum atomic E-state index is -0.552. The molecule has 0 bridgehead atoms. The van der Waals surface area contributed by atoms with Gasteiger partial charge >= 0.3 is 4.87 Å². The number of primary amides is 1. The minimum absolute atomic E-state index is 0.111. The van der Waals surface area contributed by atoms with E-state index in [-0.39, 0.29) is 4.87 Å². The quantitative estimate of drug-likeness (QED) is 0.809. The van der Waals surface area contributed by atoms with Crippen molar-refractivity contribution in [3.8, 4) is 0 Å². The maximum atomic E-state index is 11.4. The highest BCUT2D eigenvalue weighted by Crippen LogP contribution is 2.10. The summed E-state index contributed by atoms with van der Waals surface area (Å²) >= 11 is 1.18. The third-order valence-corrected chi connectivity index (χ3v) is 2.99. The number of aryl methyl sites for hydroxylation is 1. The van der Waals surface area contributed by atoms with Crippen molar-refractivity contribution in [1.82, 2.24) is 4.57 Å². The summed E-state index contributed by atoms with van der Waals surface area (Å²) in [6, 6.07) is -0.552. The summed E-state index contributed by atoms with van der Waals surface area (Å²) in [5.41, 5.74) is 5.13. The van der Waals surface area contributed by atoms with E-state index in [1.807, 2.05) is 6.92 Å². The van der Waals surface area contributed by atoms with E-state index >= 15 is 0 Å². The Labute approximate surface area is 86.4 Å². The molecular weight excluding hydrogens is 200 g/mol. The van der Waals surface area contributed by atoms with Gasteiger partial charge in [-0.3, -0.25) is 14.2 Å². The smallest absolute Gasteiger partial charge is 0.308 e. The molecule has 0 fully saturated rings. The Morgan fingerprint density at radius 3 is 2.86 bits per heavy atom. The molecule has 0 saturated carbocycles. The minimum Gasteiger partial charge on any atom is -0.368 e. The average Bonchev–Trinajstić information content (AvgIpc) is 2.46. The molecule has 0 aliphatic carbocycles. The van der Waals surface area contributed by atoms with Gasteiger partial charge < -0.3 is 5.73 Å². The molecule has 0 spiro atoms. The molecule has 5 heteroatoms. The van der Waals surface area contributed by atoms with Gasteiger partial charge in [0, 0.05) is 11.1 Å². The van der Waals surface area contributed by atoms with E-state index in [2.05, 4.69) is 0 Å². The summed E-state index contributed by atoms with van der Waals surface area (Å²) < 4.78 is 1.40. The Hall–Kier alpha value is -1.10. The number of thiazole rings is 1. The van der Waals surface area contributed by atoms with Gasteiger partial charge in [-0.05, 0) is 13.3 Å². The number of nitrogens with zero attached hydrogens (tertiary/aromatic N) is 1. The van der Waals surface area contributed by atoms with Crippen molar-refractivity contribution < 1.29 is 4.79 Å². The normalized spacial score (nSPS) is 12.7. The van der Waals surface area contributed by atoms with Crippen molar-refractivity contribution in [3.63, 3.8) is 0 Å². The van der Waals surface area contributed by atoms with Crippen molar-refractivity contribution in [2.75, 3.05) is 0 Å². The molecule has 0 aliphatic heterocycles. The molecule has 1 unspecified atom stereocenters. The summed E-state index contributed by atoms with van der Waals surface area (Å²) in [4.78, 5) is 23.2. The van der Waals surface area contributed by atoms with Crippen LogP contribution in [-0.2, 0) is 11.2 Å². The zero-order valence-corrected chi connectivity index (χ0v) is 9.13. The van der Waals surface area contributed by atoms with Crippen LogP contribution in [0.1, 0.15) is 31.2 Å². The monoisotopic (exact) mass is 214 g/mol. The lowest BCUT2D eigenvalue weighted by Crippen LogP contribution is -2.28. The molecule has 1 aromatic heterocycles. The molecule has 78 valence electrons. The van der Waals surface area contributed by atoms with Gasteiger partial charge in [-0.25, -0.2) is 0 Å². The molecule has 4 nitrogen and oxygen atoms in total. The fourth-order valence-corrected chi connectivity index (χ4v) is 2.18. The standard InChI is InChI=1S/C9H14N2O2S/c1-3-4-7-5-11(9(13)14-7)6(2)8(10)12/h5-6H,3-4H2,1-2H3,(H2,10,12). The molecule has 1 atom stereocenters. The van der Waals surface area contributed by atoms with Crippen LogP contribution in [0.5, 0.6) is 0 Å². The van der Waals surface area contributed by atoms with E-state index in [4.69, 9.17) is 5.73 Å². The van der Waals surface area contributed by atoms with Gasteiger partial charge in [-0.1, -0.05) is 24.7 Å². The van der Waals surface area contributed by atoms with Gasteiger partial charge in [0.05, 0.1) is 0 Å². The van der Waals surface area contributed by atoms with Gasteiger partial charge in [-0.15, -0.1) is 0 Å². The number of hydrogen-bond donors (Lipinski definition) is 1. The first-order valence-electron chi connectivity index (χ1n) is 4.56. The lowest BCUT2D eigenvalue weighted by Gasteiger charge is -2.06. The van der Waals surface area contributed by atoms with Crippen LogP contribution in [-0.4, -0.2) is 10.5 Å². The van der Waals surface area contributed by atoms with E-state index in [9.17, 15) is 9.59 Å². The summed E-state index contributed by atoms with van der Waals surface area (Å²) in [5, 5.41) is 0. The molecule has 1 amide bonds. The van der Waals surface area contributed by atoms with E-state index in [1.165, 1.54) is 15.9 Å². The molecule has 0 aliphatic rings. The average molecular weight is 214 g/mol. The van der Waals surface area contributed by atoms with Crippen LogP contribution in [0.4, 0.5) is 0 Å². The zero-order chi connectivity index (χ0) is 10.7. The van der Waals surface area contributed by atoms with E-state index in [0.717, 1.165) is 17.7 Å². The molecular formula is C9H14N2O2S. The number of amides is 1. The molecule has 2 N–H and O–H groups in total. The highest BCUT2D eigenvalue weighted by atomic mass is 32.1. The van der Waals surface area contributed by atoms with Crippen LogP contribution in [0.3, 0.4) is 0 Å². The summed E-state index contributed by atoms with van der Waals surface area (Å²) in [6.07, 6.45) is 3.59. The number of nitrogens with two attached hydrogens (primary N) is 1. The molecule has 0 radical (unpaired) electrons. The maximum Gasteiger partial charge on any atom is 0.308 e. The van der Waals surface area contributed by atoms with Gasteiger partial charge in [0.15, 0.2) is 0 Å². The second-order valence-corrected chi connectivity index (χ2v) is 4.28. The van der Waals surface area contributed by atoms with Crippen molar-refractivity contribution in [2.45, 2.75) is 32.7 Å². The van der Waals surface area contributed by atoms with Crippen molar-refractivity contribution in [3.05, 3.63) is 20.7 Å². The highest BCUT2D eigenvalue weighted by molar-refractivity contribution is 7.09. The van der Waals surface area contributed by atoms with Gasteiger partial charge in [-0.2, -0.15) is 0 Å². The third kappa shape index (κ3) is 2.23. The van der Waals surface area contributed by atoms with Crippen LogP contribution in [0.15, 0.2) is 11.0 Å². The molecule has 1 heterocycles. The third-order valence-electron chi connectivity index (χ3n) is 2.04. The van der Waals surface area contributed by atoms with E-state index in [0.29, 0.717) is 0 Å². The van der Waals surface area contributed by atoms with Crippen molar-refractivity contribution in [2.24, 2.45) is 5.73 Å². The van der Waals surface area contributed by atoms with Gasteiger partial charge in [0.2, 0.25) is 5.91 Å². The molecule has 1 rings (SSSR count). The van der Waals surface area contributed by atoms with Gasteiger partial charge in [0.25, 0.3) is 0 Å². The summed E-state index contributed by atoms with van der Waals surface area (Å²) in [6.45, 7) is 3.68. The topological polar surface area (TPSA) is 65.1 Å². The number of hydrogen-bond acceptors (Lipinski definition) is 3. The predicted octanol–water partition coefficient (Wildman–Crippen LogP) is 0.909. The maximum absolute atomic E-state index is 11.4. The SMILES string of the molecule is CCCc1cn(C(C)C(N)=O)c(=O)s1. The van der Waals surface area contributed by atoms with Crippen LogP contribution in [0.25, 0.3) is 0 Å². The Kier molecular flexibility index (Phi) is 3.46. The second-order valence-electron chi connectivity index (χ2n) is 3.20. The fourth-order valence-electron chi connectivity index (χ4n) is 1.17. The number of carbonyl (C=O) groups excluding carboxylic acids is 1. The lowest BCUT2D eigenvalue weighted by molar-refractivity contribution is -0.120. The fraction of sp³-hybridized carbons (Fsp3) is 0.556. The lowest BCUT2D eigenvalue weighted by atomic mass is 10.3. The van der Waals surface area contributed by atoms with Crippen molar-refractivity contribution in [1.29, 1.82) is 0 Å². The Balaban J connectivity index is 2.98. The molecule has 14 heavy (non-hydrogen) atoms. The van der Waals surface area contributed by atoms with Crippen LogP contribution >= 0.6 is 11.3 Å². The Morgan fingerprint density at radius 2 is 2.36 bits per heavy atom. The first kappa shape index (κ1) is 11.0. The first-order valence-corrected chi connectivity index (χ1v) is 5.38. The zero-order valence-electron chi connectivity index (χ0n) is 8.32. The first-order chi connectivity index (χ1) is 6.56. The van der Waals surface area contributed by atoms with Crippen LogP contribution < -0.4 is 10.6 Å². The number of aromatic nitrogens is 1. The molecule has 0 saturated heterocycles. The molecule has 0 aromatic carbocycles. The highest BCUT2D eigenvalue weighted by Gasteiger charge is 2.14. The van der Waals surface area contributed by atoms with E-state index in [1.54, 1.807) is 13.1 Å². The number of rotatable bonds is 4. The van der Waals surface area contributed by atoms with E-state index < -0.39 is 11.9 Å². The summed E-state index contributed by atoms with van der Waals surface area (Å²) in [5.74, 6) is -0.479. The molecule has 1 aromatic rings. The Morgan fingerprint density at radius 1 is 1.71 bits per heavy atom. The predicted molar refractivity (Wildman–Crippen MR) is 56.5 cm³/mol. The summed E-state index contributed by atoms with van der Waals surface area (Å²) in [7, 11) is 0. The Bertz CT molecular complexity index is 380.